The fourth-order valence-electron chi connectivity index (χ4n) is 2.85. The molecule has 1 amide bonds. The van der Waals surface area contributed by atoms with Crippen molar-refractivity contribution >= 4 is 38.1 Å². The molecule has 2 aliphatic rings. The number of hydrogen-bond acceptors (Lipinski definition) is 6. The molecule has 0 atom stereocenters. The summed E-state index contributed by atoms with van der Waals surface area (Å²) in [6, 6.07) is 4.53. The van der Waals surface area contributed by atoms with Crippen LogP contribution in [0.25, 0.3) is 0 Å². The molecular weight excluding hydrogens is 378 g/mol. The van der Waals surface area contributed by atoms with E-state index < -0.39 is 20.8 Å². The molecule has 3 rings (SSSR count). The van der Waals surface area contributed by atoms with Crippen LogP contribution in [0.2, 0.25) is 5.02 Å². The molecule has 1 aromatic carbocycles. The summed E-state index contributed by atoms with van der Waals surface area (Å²) in [6.07, 6.45) is 0.800. The van der Waals surface area contributed by atoms with Gasteiger partial charge >= 0.3 is 0 Å². The lowest BCUT2D eigenvalue weighted by Crippen LogP contribution is -2.48. The largest absolute Gasteiger partial charge is 0.378 e. The lowest BCUT2D eigenvalue weighted by molar-refractivity contribution is -0.127. The van der Waals surface area contributed by atoms with Gasteiger partial charge in [-0.15, -0.1) is 0 Å². The fourth-order valence-corrected chi connectivity index (χ4v) is 4.48. The number of hydrazone groups is 1. The van der Waals surface area contributed by atoms with Gasteiger partial charge in [-0.25, -0.2) is 8.42 Å². The first kappa shape index (κ1) is 19.1. The summed E-state index contributed by atoms with van der Waals surface area (Å²) in [6.45, 7) is 6.14. The van der Waals surface area contributed by atoms with Gasteiger partial charge in [-0.1, -0.05) is 25.4 Å². The Labute approximate surface area is 158 Å². The molecular formula is C17H22ClN3O4S. The molecule has 9 heteroatoms. The van der Waals surface area contributed by atoms with Gasteiger partial charge in [-0.2, -0.15) is 5.10 Å². The van der Waals surface area contributed by atoms with Crippen LogP contribution in [-0.4, -0.2) is 57.1 Å². The molecule has 0 unspecified atom stereocenters. The van der Waals surface area contributed by atoms with Gasteiger partial charge in [0.1, 0.15) is 0 Å². The van der Waals surface area contributed by atoms with E-state index in [1.807, 2.05) is 0 Å². The number of carbonyl (C=O) groups excluding carboxylic acids is 1. The average Bonchev–Trinajstić information content (AvgIpc) is 2.61. The third kappa shape index (κ3) is 3.72. The van der Waals surface area contributed by atoms with Crippen molar-refractivity contribution in [2.45, 2.75) is 25.2 Å². The van der Waals surface area contributed by atoms with Crippen molar-refractivity contribution in [2.75, 3.05) is 37.9 Å². The number of anilines is 1. The highest BCUT2D eigenvalue weighted by atomic mass is 35.5. The first-order valence-electron chi connectivity index (χ1n) is 8.58. The van der Waals surface area contributed by atoms with Crippen LogP contribution in [0.3, 0.4) is 0 Å². The smallest absolute Gasteiger partial charge is 0.286 e. The van der Waals surface area contributed by atoms with E-state index in [1.54, 1.807) is 11.1 Å². The molecule has 0 aromatic heterocycles. The summed E-state index contributed by atoms with van der Waals surface area (Å²) >= 11 is 6.06. The molecule has 1 saturated heterocycles. The summed E-state index contributed by atoms with van der Waals surface area (Å²) in [5.74, 6) is -0.173. The summed E-state index contributed by atoms with van der Waals surface area (Å²) in [7, 11) is -4.00. The Bertz CT molecular complexity index is 832. The van der Waals surface area contributed by atoms with Crippen LogP contribution in [-0.2, 0) is 19.4 Å². The zero-order valence-electron chi connectivity index (χ0n) is 14.8. The third-order valence-corrected chi connectivity index (χ3v) is 6.28. The maximum Gasteiger partial charge on any atom is 0.286 e. The minimum Gasteiger partial charge on any atom is -0.378 e. The highest BCUT2D eigenvalue weighted by Crippen LogP contribution is 2.34. The van der Waals surface area contributed by atoms with Gasteiger partial charge in [-0.3, -0.25) is 9.80 Å². The number of amides is 1. The van der Waals surface area contributed by atoms with Crippen LogP contribution in [0.15, 0.2) is 28.2 Å². The number of hydrogen-bond donors (Lipinski definition) is 0. The quantitative estimate of drug-likeness (QED) is 0.775. The Hall–Kier alpha value is -1.64. The van der Waals surface area contributed by atoms with Crippen LogP contribution in [0.1, 0.15) is 20.3 Å². The molecule has 0 aliphatic carbocycles. The number of rotatable bonds is 4. The highest BCUT2D eigenvalue weighted by molar-refractivity contribution is 8.08. The van der Waals surface area contributed by atoms with E-state index in [4.69, 9.17) is 16.3 Å². The van der Waals surface area contributed by atoms with Crippen LogP contribution in [0, 0.1) is 5.92 Å². The maximum absolute atomic E-state index is 13.0. The zero-order chi connectivity index (χ0) is 18.9. The lowest BCUT2D eigenvalue weighted by atomic mass is 10.1. The normalized spacial score (nSPS) is 19.3. The summed E-state index contributed by atoms with van der Waals surface area (Å²) in [4.78, 5) is 14.4. The van der Waals surface area contributed by atoms with Crippen LogP contribution >= 0.6 is 11.6 Å². The van der Waals surface area contributed by atoms with E-state index in [0.29, 0.717) is 49.5 Å². The fraction of sp³-hybridized carbons (Fsp3) is 0.529. The zero-order valence-corrected chi connectivity index (χ0v) is 16.4. The molecule has 1 aromatic rings. The maximum atomic E-state index is 13.0. The Balaban J connectivity index is 2.02. The van der Waals surface area contributed by atoms with Crippen molar-refractivity contribution in [3.05, 3.63) is 23.2 Å². The molecule has 2 heterocycles. The second kappa shape index (κ2) is 7.54. The molecule has 7 nitrogen and oxygen atoms in total. The molecule has 142 valence electrons. The van der Waals surface area contributed by atoms with E-state index in [0.717, 1.165) is 6.42 Å². The summed E-state index contributed by atoms with van der Waals surface area (Å²) < 4.78 is 31.2. The summed E-state index contributed by atoms with van der Waals surface area (Å²) in [5.41, 5.74) is 0.414. The monoisotopic (exact) mass is 399 g/mol. The minimum absolute atomic E-state index is 0.0669. The molecule has 26 heavy (non-hydrogen) atoms. The average molecular weight is 400 g/mol. The van der Waals surface area contributed by atoms with Crippen molar-refractivity contribution in [1.82, 2.24) is 4.90 Å². The van der Waals surface area contributed by atoms with Crippen molar-refractivity contribution in [3.8, 4) is 0 Å². The van der Waals surface area contributed by atoms with E-state index >= 15 is 0 Å². The standard InChI is InChI=1S/C17H22ClN3O4S/c1-12(2)5-6-21-14-11-13(18)3-4-15(14)26(23,24)16(19-21)17(22)20-7-9-25-10-8-20/h3-4,11-12H,5-10H2,1-2H3. The van der Waals surface area contributed by atoms with Crippen molar-refractivity contribution in [1.29, 1.82) is 0 Å². The molecule has 0 N–H and O–H groups in total. The predicted molar refractivity (Wildman–Crippen MR) is 100 cm³/mol. The molecule has 1 fully saturated rings. The van der Waals surface area contributed by atoms with E-state index in [2.05, 4.69) is 18.9 Å². The number of fused-ring (bicyclic) bond motifs is 1. The first-order chi connectivity index (χ1) is 12.3. The van der Waals surface area contributed by atoms with E-state index in [-0.39, 0.29) is 4.90 Å². The Kier molecular flexibility index (Phi) is 5.55. The second-order valence-electron chi connectivity index (χ2n) is 6.73. The number of benzene rings is 1. The third-order valence-electron chi connectivity index (χ3n) is 4.35. The number of morpholine rings is 1. The van der Waals surface area contributed by atoms with Crippen molar-refractivity contribution < 1.29 is 17.9 Å². The van der Waals surface area contributed by atoms with Crippen LogP contribution < -0.4 is 5.01 Å². The molecule has 0 radical (unpaired) electrons. The van der Waals surface area contributed by atoms with Gasteiger partial charge < -0.3 is 9.64 Å². The van der Waals surface area contributed by atoms with Crippen LogP contribution in [0.4, 0.5) is 5.69 Å². The Morgan fingerprint density at radius 1 is 1.31 bits per heavy atom. The van der Waals surface area contributed by atoms with E-state index in [1.165, 1.54) is 17.0 Å². The summed E-state index contributed by atoms with van der Waals surface area (Å²) in [5, 5.41) is 5.81. The first-order valence-corrected chi connectivity index (χ1v) is 10.4. The van der Waals surface area contributed by atoms with E-state index in [9.17, 15) is 13.2 Å². The van der Waals surface area contributed by atoms with Crippen molar-refractivity contribution in [2.24, 2.45) is 11.0 Å². The molecule has 0 spiro atoms. The topological polar surface area (TPSA) is 79.3 Å². The molecule has 2 aliphatic heterocycles. The SMILES string of the molecule is CC(C)CCN1N=C(C(=O)N2CCOCC2)S(=O)(=O)c2ccc(Cl)cc21. The Morgan fingerprint density at radius 2 is 2.00 bits per heavy atom. The van der Waals surface area contributed by atoms with Gasteiger partial charge in [0.05, 0.1) is 23.8 Å². The van der Waals surface area contributed by atoms with Crippen molar-refractivity contribution in [3.63, 3.8) is 0 Å². The van der Waals surface area contributed by atoms with Gasteiger partial charge in [0.15, 0.2) is 0 Å². The number of halogens is 1. The number of sulfone groups is 1. The number of carbonyl (C=O) groups is 1. The van der Waals surface area contributed by atoms with Gasteiger partial charge in [0.25, 0.3) is 5.91 Å². The highest BCUT2D eigenvalue weighted by Gasteiger charge is 2.39. The molecule has 0 saturated carbocycles. The van der Waals surface area contributed by atoms with Crippen LogP contribution in [0.5, 0.6) is 0 Å². The minimum atomic E-state index is -4.00. The van der Waals surface area contributed by atoms with Gasteiger partial charge in [-0.05, 0) is 30.5 Å². The molecule has 0 bridgehead atoms. The van der Waals surface area contributed by atoms with Gasteiger partial charge in [0, 0.05) is 24.7 Å². The Morgan fingerprint density at radius 3 is 2.65 bits per heavy atom. The predicted octanol–water partition coefficient (Wildman–Crippen LogP) is 2.15. The number of nitrogens with zero attached hydrogens (tertiary/aromatic N) is 3. The van der Waals surface area contributed by atoms with Gasteiger partial charge in [0.2, 0.25) is 14.9 Å². The lowest BCUT2D eigenvalue weighted by Gasteiger charge is -2.31. The second-order valence-corrected chi connectivity index (χ2v) is 9.00. The number of ether oxygens (including phenoxy) is 1.